The van der Waals surface area contributed by atoms with Gasteiger partial charge >= 0.3 is 0 Å². The van der Waals surface area contributed by atoms with E-state index < -0.39 is 5.60 Å². The van der Waals surface area contributed by atoms with E-state index in [4.69, 9.17) is 0 Å². The normalized spacial score (nSPS) is 15.1. The molecule has 2 rings (SSSR count). The molecule has 2 unspecified atom stereocenters. The molecular weight excluding hydrogens is 376 g/mol. The molecule has 7 nitrogen and oxygen atoms in total. The lowest BCUT2D eigenvalue weighted by Crippen LogP contribution is -2.48. The summed E-state index contributed by atoms with van der Waals surface area (Å²) in [7, 11) is 1.84. The zero-order valence-corrected chi connectivity index (χ0v) is 19.1. The lowest BCUT2D eigenvalue weighted by atomic mass is 10.0. The highest BCUT2D eigenvalue weighted by Gasteiger charge is 2.25. The van der Waals surface area contributed by atoms with Gasteiger partial charge in [-0.15, -0.1) is 0 Å². The highest BCUT2D eigenvalue weighted by Crippen LogP contribution is 2.19. The van der Waals surface area contributed by atoms with Crippen molar-refractivity contribution in [1.82, 2.24) is 25.3 Å². The first-order chi connectivity index (χ1) is 14.4. The first-order valence-electron chi connectivity index (χ1n) is 10.9. The molecule has 0 amide bonds. The summed E-state index contributed by atoms with van der Waals surface area (Å²) in [5.41, 5.74) is 1.02. The molecule has 166 valence electrons. The Balaban J connectivity index is 2.07. The van der Waals surface area contributed by atoms with Crippen LogP contribution in [0.15, 0.2) is 47.7 Å². The van der Waals surface area contributed by atoms with Crippen LogP contribution in [0.25, 0.3) is 0 Å². The summed E-state index contributed by atoms with van der Waals surface area (Å²) in [5.74, 6) is 0.715. The number of aliphatic imine (C=N–C) groups is 1. The number of hydrogen-bond donors (Lipinski definition) is 3. The summed E-state index contributed by atoms with van der Waals surface area (Å²) in [6.07, 6.45) is 4.49. The topological polar surface area (TPSA) is 77.7 Å². The third kappa shape index (κ3) is 7.15. The quantitative estimate of drug-likeness (QED) is 0.388. The molecule has 1 heterocycles. The van der Waals surface area contributed by atoms with E-state index in [0.717, 1.165) is 38.2 Å². The Hall–Kier alpha value is -2.38. The number of aromatic nitrogens is 2. The molecule has 1 aromatic heterocycles. The Labute approximate surface area is 181 Å². The van der Waals surface area contributed by atoms with Crippen LogP contribution in [-0.4, -0.2) is 64.5 Å². The van der Waals surface area contributed by atoms with E-state index in [0.29, 0.717) is 12.0 Å². The van der Waals surface area contributed by atoms with Crippen molar-refractivity contribution >= 4 is 5.96 Å². The largest absolute Gasteiger partial charge is 0.383 e. The SMILES string of the molecule is CCNC(=NCC(C)(O)c1cnn(C)c1)NCC(Cc1ccccc1)N(CC)CC. The highest BCUT2D eigenvalue weighted by molar-refractivity contribution is 5.79. The minimum Gasteiger partial charge on any atom is -0.383 e. The lowest BCUT2D eigenvalue weighted by molar-refractivity contribution is 0.0671. The fourth-order valence-electron chi connectivity index (χ4n) is 3.54. The minimum absolute atomic E-state index is 0.253. The van der Waals surface area contributed by atoms with E-state index in [9.17, 15) is 5.11 Å². The van der Waals surface area contributed by atoms with Crippen molar-refractivity contribution in [3.8, 4) is 0 Å². The van der Waals surface area contributed by atoms with Gasteiger partial charge in [0.25, 0.3) is 0 Å². The number of aliphatic hydroxyl groups is 1. The van der Waals surface area contributed by atoms with Crippen molar-refractivity contribution in [2.45, 2.75) is 45.8 Å². The van der Waals surface area contributed by atoms with E-state index >= 15 is 0 Å². The predicted molar refractivity (Wildman–Crippen MR) is 124 cm³/mol. The molecule has 30 heavy (non-hydrogen) atoms. The van der Waals surface area contributed by atoms with Crippen LogP contribution >= 0.6 is 0 Å². The molecular formula is C23H38N6O. The number of benzene rings is 1. The summed E-state index contributed by atoms with van der Waals surface area (Å²) in [6.45, 7) is 12.0. The average molecular weight is 415 g/mol. The Bertz CT molecular complexity index is 767. The fourth-order valence-corrected chi connectivity index (χ4v) is 3.54. The molecule has 0 radical (unpaired) electrons. The molecule has 0 aliphatic heterocycles. The molecule has 2 aromatic rings. The first-order valence-corrected chi connectivity index (χ1v) is 10.9. The van der Waals surface area contributed by atoms with Crippen LogP contribution in [0.3, 0.4) is 0 Å². The van der Waals surface area contributed by atoms with Crippen molar-refractivity contribution in [3.63, 3.8) is 0 Å². The second-order valence-electron chi connectivity index (χ2n) is 7.82. The summed E-state index contributed by atoms with van der Waals surface area (Å²) in [6, 6.07) is 11.0. The van der Waals surface area contributed by atoms with Gasteiger partial charge in [0.1, 0.15) is 5.60 Å². The van der Waals surface area contributed by atoms with Crippen LogP contribution in [0.5, 0.6) is 0 Å². The fraction of sp³-hybridized carbons (Fsp3) is 0.565. The molecule has 2 atom stereocenters. The Morgan fingerprint density at radius 3 is 2.47 bits per heavy atom. The maximum absolute atomic E-state index is 10.8. The molecule has 0 saturated carbocycles. The van der Waals surface area contributed by atoms with E-state index in [2.05, 4.69) is 69.8 Å². The van der Waals surface area contributed by atoms with Crippen LogP contribution in [0.4, 0.5) is 0 Å². The lowest BCUT2D eigenvalue weighted by Gasteiger charge is -2.30. The molecule has 3 N–H and O–H groups in total. The van der Waals surface area contributed by atoms with Crippen molar-refractivity contribution < 1.29 is 5.11 Å². The summed E-state index contributed by atoms with van der Waals surface area (Å²) < 4.78 is 1.69. The molecule has 0 aliphatic carbocycles. The van der Waals surface area contributed by atoms with Crippen LogP contribution in [0, 0.1) is 0 Å². The number of rotatable bonds is 11. The van der Waals surface area contributed by atoms with Gasteiger partial charge < -0.3 is 15.7 Å². The van der Waals surface area contributed by atoms with Gasteiger partial charge in [0.15, 0.2) is 5.96 Å². The van der Waals surface area contributed by atoms with Crippen molar-refractivity contribution in [3.05, 3.63) is 53.9 Å². The van der Waals surface area contributed by atoms with Gasteiger partial charge in [0.2, 0.25) is 0 Å². The van der Waals surface area contributed by atoms with Crippen molar-refractivity contribution in [2.75, 3.05) is 32.7 Å². The standard InChI is InChI=1S/C23H38N6O/c1-6-24-22(26-18-23(4,30)20-15-27-28(5)17-20)25-16-21(29(7-2)8-3)14-19-12-10-9-11-13-19/h9-13,15,17,21,30H,6-8,14,16,18H2,1-5H3,(H2,24,25,26). The molecule has 0 spiro atoms. The van der Waals surface area contributed by atoms with Crippen LogP contribution in [0.1, 0.15) is 38.8 Å². The Kier molecular flexibility index (Phi) is 9.33. The molecule has 7 heteroatoms. The van der Waals surface area contributed by atoms with E-state index in [1.165, 1.54) is 5.56 Å². The van der Waals surface area contributed by atoms with Gasteiger partial charge in [-0.3, -0.25) is 9.58 Å². The van der Waals surface area contributed by atoms with Crippen LogP contribution < -0.4 is 10.6 Å². The van der Waals surface area contributed by atoms with E-state index in [-0.39, 0.29) is 6.54 Å². The third-order valence-electron chi connectivity index (χ3n) is 5.36. The summed E-state index contributed by atoms with van der Waals surface area (Å²) >= 11 is 0. The first kappa shape index (κ1) is 23.9. The highest BCUT2D eigenvalue weighted by atomic mass is 16.3. The van der Waals surface area contributed by atoms with Crippen LogP contribution in [0.2, 0.25) is 0 Å². The molecule has 0 aliphatic rings. The molecule has 0 bridgehead atoms. The minimum atomic E-state index is -1.07. The van der Waals surface area contributed by atoms with Crippen LogP contribution in [-0.2, 0) is 19.1 Å². The average Bonchev–Trinajstić information content (AvgIpc) is 3.19. The number of aryl methyl sites for hydroxylation is 1. The summed E-state index contributed by atoms with van der Waals surface area (Å²) in [5, 5.41) is 21.8. The number of guanidine groups is 1. The number of hydrogen-bond acceptors (Lipinski definition) is 4. The third-order valence-corrected chi connectivity index (χ3v) is 5.36. The zero-order valence-electron chi connectivity index (χ0n) is 19.1. The zero-order chi connectivity index (χ0) is 22.0. The second-order valence-corrected chi connectivity index (χ2v) is 7.82. The number of nitrogens with zero attached hydrogens (tertiary/aromatic N) is 4. The molecule has 0 fully saturated rings. The molecule has 1 aromatic carbocycles. The van der Waals surface area contributed by atoms with Gasteiger partial charge in [-0.25, -0.2) is 4.99 Å². The van der Waals surface area contributed by atoms with Gasteiger partial charge in [-0.1, -0.05) is 44.2 Å². The molecule has 0 saturated heterocycles. The Morgan fingerprint density at radius 1 is 1.20 bits per heavy atom. The number of likely N-dealkylation sites (N-methyl/N-ethyl adjacent to an activating group) is 1. The number of nitrogens with one attached hydrogen (secondary N) is 2. The van der Waals surface area contributed by atoms with Gasteiger partial charge in [-0.05, 0) is 38.9 Å². The monoisotopic (exact) mass is 414 g/mol. The van der Waals surface area contributed by atoms with E-state index in [1.54, 1.807) is 17.8 Å². The maximum atomic E-state index is 10.8. The summed E-state index contributed by atoms with van der Waals surface area (Å²) in [4.78, 5) is 7.12. The smallest absolute Gasteiger partial charge is 0.191 e. The van der Waals surface area contributed by atoms with Gasteiger partial charge in [0, 0.05) is 37.9 Å². The van der Waals surface area contributed by atoms with Crippen molar-refractivity contribution in [1.29, 1.82) is 0 Å². The van der Waals surface area contributed by atoms with Gasteiger partial charge in [-0.2, -0.15) is 5.10 Å². The predicted octanol–water partition coefficient (Wildman–Crippen LogP) is 2.14. The second kappa shape index (κ2) is 11.7. The van der Waals surface area contributed by atoms with Gasteiger partial charge in [0.05, 0.1) is 12.7 Å². The van der Waals surface area contributed by atoms with Crippen molar-refractivity contribution in [2.24, 2.45) is 12.0 Å². The Morgan fingerprint density at radius 2 is 1.90 bits per heavy atom. The van der Waals surface area contributed by atoms with E-state index in [1.807, 2.05) is 20.2 Å². The maximum Gasteiger partial charge on any atom is 0.191 e.